The van der Waals surface area contributed by atoms with Crippen LogP contribution in [0, 0.1) is 6.92 Å². The molecule has 0 aliphatic carbocycles. The molecule has 0 saturated carbocycles. The molecule has 0 bridgehead atoms. The summed E-state index contributed by atoms with van der Waals surface area (Å²) >= 11 is 0. The van der Waals surface area contributed by atoms with E-state index in [2.05, 4.69) is 27.8 Å². The van der Waals surface area contributed by atoms with E-state index < -0.39 is 0 Å². The van der Waals surface area contributed by atoms with E-state index in [1.54, 1.807) is 7.11 Å². The Labute approximate surface area is 191 Å². The zero-order valence-electron chi connectivity index (χ0n) is 17.8. The number of methoxy groups -OCH3 is 1. The summed E-state index contributed by atoms with van der Waals surface area (Å²) in [7, 11) is 1.67. The summed E-state index contributed by atoms with van der Waals surface area (Å²) in [5.74, 6) is 1.91. The zero-order chi connectivity index (χ0) is 20.2. The molecule has 1 aliphatic rings. The number of hydrogen-bond donors (Lipinski definition) is 2. The van der Waals surface area contributed by atoms with Crippen molar-refractivity contribution >= 4 is 35.8 Å². The first kappa shape index (κ1) is 25.5. The molecule has 8 heteroatoms. The van der Waals surface area contributed by atoms with Gasteiger partial charge in [0.1, 0.15) is 12.4 Å². The highest BCUT2D eigenvalue weighted by Gasteiger charge is 2.18. The number of carbonyl (C=O) groups excluding carboxylic acids is 1. The SMILES string of the molecule is CCNC(=NCc1ccc(C)cc1OCCOC)NCCCN1CCCC1=O.I. The van der Waals surface area contributed by atoms with Crippen LogP contribution in [-0.2, 0) is 16.1 Å². The second-order valence-electron chi connectivity index (χ2n) is 6.91. The molecule has 1 amide bonds. The Bertz CT molecular complexity index is 655. The minimum atomic E-state index is 0. The summed E-state index contributed by atoms with van der Waals surface area (Å²) in [4.78, 5) is 18.3. The molecule has 0 radical (unpaired) electrons. The van der Waals surface area contributed by atoms with Gasteiger partial charge < -0.3 is 25.0 Å². The summed E-state index contributed by atoms with van der Waals surface area (Å²) in [5, 5.41) is 6.62. The van der Waals surface area contributed by atoms with Crippen LogP contribution in [0.25, 0.3) is 0 Å². The average molecular weight is 518 g/mol. The van der Waals surface area contributed by atoms with Gasteiger partial charge >= 0.3 is 0 Å². The minimum absolute atomic E-state index is 0. The maximum atomic E-state index is 11.7. The predicted octanol–water partition coefficient (Wildman–Crippen LogP) is 2.71. The van der Waals surface area contributed by atoms with Gasteiger partial charge in [0, 0.05) is 45.3 Å². The molecule has 2 N–H and O–H groups in total. The highest BCUT2D eigenvalue weighted by atomic mass is 127. The molecule has 1 aromatic carbocycles. The number of nitrogens with zero attached hydrogens (tertiary/aromatic N) is 2. The monoisotopic (exact) mass is 518 g/mol. The van der Waals surface area contributed by atoms with Gasteiger partial charge in [-0.3, -0.25) is 4.79 Å². The number of amides is 1. The number of hydrogen-bond acceptors (Lipinski definition) is 4. The number of ether oxygens (including phenoxy) is 2. The molecule has 1 saturated heterocycles. The van der Waals surface area contributed by atoms with Crippen molar-refractivity contribution in [3.8, 4) is 5.75 Å². The van der Waals surface area contributed by atoms with Gasteiger partial charge in [-0.25, -0.2) is 4.99 Å². The summed E-state index contributed by atoms with van der Waals surface area (Å²) in [6.45, 7) is 8.97. The van der Waals surface area contributed by atoms with Gasteiger partial charge in [0.2, 0.25) is 5.91 Å². The maximum absolute atomic E-state index is 11.7. The van der Waals surface area contributed by atoms with E-state index in [0.29, 0.717) is 26.2 Å². The third kappa shape index (κ3) is 9.20. The van der Waals surface area contributed by atoms with Crippen LogP contribution in [0.4, 0.5) is 0 Å². The van der Waals surface area contributed by atoms with Gasteiger partial charge in [0.05, 0.1) is 13.2 Å². The van der Waals surface area contributed by atoms with Crippen molar-refractivity contribution in [2.24, 2.45) is 4.99 Å². The second kappa shape index (κ2) is 14.4. The van der Waals surface area contributed by atoms with Gasteiger partial charge in [0.15, 0.2) is 5.96 Å². The maximum Gasteiger partial charge on any atom is 0.222 e. The standard InChI is InChI=1S/C21H34N4O3.HI/c1-4-22-21(23-10-6-12-25-11-5-7-20(25)26)24-16-18-9-8-17(2)15-19(18)28-14-13-27-3;/h8-9,15H,4-7,10-14,16H2,1-3H3,(H2,22,23,24);1H. The fourth-order valence-electron chi connectivity index (χ4n) is 3.08. The van der Waals surface area contributed by atoms with Gasteiger partial charge in [-0.1, -0.05) is 12.1 Å². The van der Waals surface area contributed by atoms with Crippen molar-refractivity contribution in [3.63, 3.8) is 0 Å². The molecule has 29 heavy (non-hydrogen) atoms. The van der Waals surface area contributed by atoms with E-state index in [4.69, 9.17) is 9.47 Å². The first-order valence-corrected chi connectivity index (χ1v) is 10.1. The molecule has 1 fully saturated rings. The molecule has 1 heterocycles. The lowest BCUT2D eigenvalue weighted by atomic mass is 10.1. The Morgan fingerprint density at radius 1 is 1.28 bits per heavy atom. The first-order valence-electron chi connectivity index (χ1n) is 10.1. The lowest BCUT2D eigenvalue weighted by Gasteiger charge is -2.16. The van der Waals surface area contributed by atoms with Crippen LogP contribution < -0.4 is 15.4 Å². The molecule has 1 aromatic rings. The van der Waals surface area contributed by atoms with Crippen LogP contribution in [0.5, 0.6) is 5.75 Å². The van der Waals surface area contributed by atoms with Gasteiger partial charge in [-0.05, 0) is 38.3 Å². The predicted molar refractivity (Wildman–Crippen MR) is 127 cm³/mol. The van der Waals surface area contributed by atoms with E-state index in [1.807, 2.05) is 24.8 Å². The van der Waals surface area contributed by atoms with Crippen molar-refractivity contribution in [1.82, 2.24) is 15.5 Å². The summed E-state index contributed by atoms with van der Waals surface area (Å²) < 4.78 is 10.9. The Kier molecular flexibility index (Phi) is 12.7. The molecule has 0 spiro atoms. The van der Waals surface area contributed by atoms with Crippen molar-refractivity contribution < 1.29 is 14.3 Å². The Morgan fingerprint density at radius 3 is 2.79 bits per heavy atom. The number of aryl methyl sites for hydroxylation is 1. The summed E-state index contributed by atoms with van der Waals surface area (Å²) in [5.41, 5.74) is 2.20. The van der Waals surface area contributed by atoms with Crippen molar-refractivity contribution in [2.75, 3.05) is 46.5 Å². The highest BCUT2D eigenvalue weighted by molar-refractivity contribution is 14.0. The number of benzene rings is 1. The van der Waals surface area contributed by atoms with Crippen molar-refractivity contribution in [2.45, 2.75) is 39.7 Å². The fraction of sp³-hybridized carbons (Fsp3) is 0.619. The molecule has 0 atom stereocenters. The van der Waals surface area contributed by atoms with Crippen LogP contribution in [0.2, 0.25) is 0 Å². The van der Waals surface area contributed by atoms with Crippen LogP contribution in [0.3, 0.4) is 0 Å². The van der Waals surface area contributed by atoms with E-state index in [9.17, 15) is 4.79 Å². The molecule has 2 rings (SSSR count). The smallest absolute Gasteiger partial charge is 0.222 e. The number of carbonyl (C=O) groups is 1. The zero-order valence-corrected chi connectivity index (χ0v) is 20.2. The molecule has 1 aliphatic heterocycles. The van der Waals surface area contributed by atoms with Crippen molar-refractivity contribution in [1.29, 1.82) is 0 Å². The Balaban J connectivity index is 0.00000420. The summed E-state index contributed by atoms with van der Waals surface area (Å²) in [6, 6.07) is 6.17. The van der Waals surface area contributed by atoms with Crippen molar-refractivity contribution in [3.05, 3.63) is 29.3 Å². The second-order valence-corrected chi connectivity index (χ2v) is 6.91. The van der Waals surface area contributed by atoms with Crippen LogP contribution >= 0.6 is 24.0 Å². The van der Waals surface area contributed by atoms with Crippen LogP contribution in [0.1, 0.15) is 37.3 Å². The number of rotatable bonds is 11. The third-order valence-electron chi connectivity index (χ3n) is 4.59. The molecule has 164 valence electrons. The number of halogens is 1. The molecule has 0 unspecified atom stereocenters. The lowest BCUT2D eigenvalue weighted by molar-refractivity contribution is -0.127. The molecular formula is C21H35IN4O3. The van der Waals surface area contributed by atoms with E-state index >= 15 is 0 Å². The molecular weight excluding hydrogens is 483 g/mol. The number of guanidine groups is 1. The normalized spacial score (nSPS) is 14.0. The topological polar surface area (TPSA) is 75.2 Å². The first-order chi connectivity index (χ1) is 13.6. The number of nitrogens with one attached hydrogen (secondary N) is 2. The van der Waals surface area contributed by atoms with E-state index in [0.717, 1.165) is 61.9 Å². The summed E-state index contributed by atoms with van der Waals surface area (Å²) in [6.07, 6.45) is 2.59. The van der Waals surface area contributed by atoms with E-state index in [1.165, 1.54) is 0 Å². The van der Waals surface area contributed by atoms with Gasteiger partial charge in [-0.2, -0.15) is 0 Å². The highest BCUT2D eigenvalue weighted by Crippen LogP contribution is 2.21. The fourth-order valence-corrected chi connectivity index (χ4v) is 3.08. The van der Waals surface area contributed by atoms with Crippen LogP contribution in [0.15, 0.2) is 23.2 Å². The quantitative estimate of drug-likeness (QED) is 0.204. The molecule has 0 aromatic heterocycles. The van der Waals surface area contributed by atoms with Crippen LogP contribution in [-0.4, -0.2) is 63.3 Å². The van der Waals surface area contributed by atoms with E-state index in [-0.39, 0.29) is 29.9 Å². The van der Waals surface area contributed by atoms with Gasteiger partial charge in [0.25, 0.3) is 0 Å². The molecule has 7 nitrogen and oxygen atoms in total. The third-order valence-corrected chi connectivity index (χ3v) is 4.59. The number of likely N-dealkylation sites (tertiary alicyclic amines) is 1. The lowest BCUT2D eigenvalue weighted by Crippen LogP contribution is -2.39. The Hall–Kier alpha value is -1.55. The Morgan fingerprint density at radius 2 is 2.10 bits per heavy atom. The van der Waals surface area contributed by atoms with Gasteiger partial charge in [-0.15, -0.1) is 24.0 Å². The number of aliphatic imine (C=N–C) groups is 1. The minimum Gasteiger partial charge on any atom is -0.491 e. The largest absolute Gasteiger partial charge is 0.491 e. The average Bonchev–Trinajstić information content (AvgIpc) is 3.09.